The van der Waals surface area contributed by atoms with Crippen LogP contribution in [-0.4, -0.2) is 67.6 Å². The highest BCUT2D eigenvalue weighted by Crippen LogP contribution is 2.30. The first-order chi connectivity index (χ1) is 19.4. The molecule has 0 bridgehead atoms. The molecular formula is C30H31N3O7. The molecule has 10 heteroatoms. The van der Waals surface area contributed by atoms with Crippen LogP contribution in [0.2, 0.25) is 0 Å². The van der Waals surface area contributed by atoms with Gasteiger partial charge in [-0.25, -0.2) is 4.79 Å². The van der Waals surface area contributed by atoms with Crippen molar-refractivity contribution in [2.45, 2.75) is 13.1 Å². The molecule has 0 saturated carbocycles. The number of carbonyl (C=O) groups excluding carboxylic acids is 1. The molecular weight excluding hydrogens is 514 g/mol. The lowest BCUT2D eigenvalue weighted by molar-refractivity contribution is 0.0303. The molecule has 0 unspecified atom stereocenters. The van der Waals surface area contributed by atoms with Gasteiger partial charge in [-0.3, -0.25) is 18.7 Å². The summed E-state index contributed by atoms with van der Waals surface area (Å²) < 4.78 is 24.3. The van der Waals surface area contributed by atoms with E-state index >= 15 is 0 Å². The van der Waals surface area contributed by atoms with E-state index in [1.807, 2.05) is 24.3 Å². The predicted molar refractivity (Wildman–Crippen MR) is 150 cm³/mol. The summed E-state index contributed by atoms with van der Waals surface area (Å²) in [5.74, 6) is 1.39. The Morgan fingerprint density at radius 1 is 0.800 bits per heavy atom. The maximum atomic E-state index is 13.9. The van der Waals surface area contributed by atoms with Gasteiger partial charge in [-0.05, 0) is 41.5 Å². The molecule has 0 N–H and O–H groups in total. The Morgan fingerprint density at radius 2 is 1.48 bits per heavy atom. The Bertz CT molecular complexity index is 1650. The summed E-state index contributed by atoms with van der Waals surface area (Å²) in [6, 6.07) is 17.6. The number of hydrogen-bond acceptors (Lipinski definition) is 7. The summed E-state index contributed by atoms with van der Waals surface area (Å²) >= 11 is 0. The normalized spacial score (nSPS) is 13.3. The summed E-state index contributed by atoms with van der Waals surface area (Å²) in [4.78, 5) is 42.1. The molecule has 1 amide bonds. The van der Waals surface area contributed by atoms with Gasteiger partial charge in [-0.1, -0.05) is 24.3 Å². The summed E-state index contributed by atoms with van der Waals surface area (Å²) in [7, 11) is 4.58. The Balaban J connectivity index is 1.57. The minimum Gasteiger partial charge on any atom is -0.497 e. The van der Waals surface area contributed by atoms with Crippen molar-refractivity contribution in [2.75, 3.05) is 47.6 Å². The van der Waals surface area contributed by atoms with Gasteiger partial charge in [0.1, 0.15) is 5.75 Å². The fourth-order valence-electron chi connectivity index (χ4n) is 4.87. The van der Waals surface area contributed by atoms with Crippen molar-refractivity contribution in [3.05, 3.63) is 98.2 Å². The molecule has 4 aromatic rings. The van der Waals surface area contributed by atoms with Crippen LogP contribution < -0.4 is 25.5 Å². The van der Waals surface area contributed by atoms with Gasteiger partial charge in [-0.2, -0.15) is 0 Å². The number of methoxy groups -OCH3 is 3. The number of carbonyl (C=O) groups is 1. The largest absolute Gasteiger partial charge is 0.497 e. The van der Waals surface area contributed by atoms with Crippen molar-refractivity contribution in [1.29, 1.82) is 0 Å². The highest BCUT2D eigenvalue weighted by atomic mass is 16.5. The van der Waals surface area contributed by atoms with E-state index in [1.165, 1.54) is 18.8 Å². The predicted octanol–water partition coefficient (Wildman–Crippen LogP) is 2.76. The number of rotatable bonds is 8. The third-order valence-corrected chi connectivity index (χ3v) is 7.04. The van der Waals surface area contributed by atoms with Gasteiger partial charge in [-0.15, -0.1) is 0 Å². The molecule has 1 aliphatic rings. The molecule has 40 heavy (non-hydrogen) atoms. The second-order valence-electron chi connectivity index (χ2n) is 9.44. The number of benzene rings is 3. The van der Waals surface area contributed by atoms with E-state index in [0.717, 1.165) is 5.56 Å². The maximum absolute atomic E-state index is 13.9. The molecule has 10 nitrogen and oxygen atoms in total. The van der Waals surface area contributed by atoms with Gasteiger partial charge in [0, 0.05) is 24.7 Å². The smallest absolute Gasteiger partial charge is 0.332 e. The summed E-state index contributed by atoms with van der Waals surface area (Å²) in [6.45, 7) is 2.38. The Labute approximate surface area is 230 Å². The van der Waals surface area contributed by atoms with Crippen molar-refractivity contribution in [3.8, 4) is 17.2 Å². The molecule has 0 atom stereocenters. The lowest BCUT2D eigenvalue weighted by Gasteiger charge is -2.26. The van der Waals surface area contributed by atoms with Crippen molar-refractivity contribution >= 4 is 16.8 Å². The van der Waals surface area contributed by atoms with Crippen molar-refractivity contribution in [1.82, 2.24) is 14.0 Å². The van der Waals surface area contributed by atoms with Crippen LogP contribution in [0, 0.1) is 0 Å². The second-order valence-corrected chi connectivity index (χ2v) is 9.44. The average Bonchev–Trinajstić information content (AvgIpc) is 3.01. The van der Waals surface area contributed by atoms with Gasteiger partial charge in [0.2, 0.25) is 0 Å². The van der Waals surface area contributed by atoms with Crippen molar-refractivity contribution < 1.29 is 23.7 Å². The molecule has 1 aromatic heterocycles. The van der Waals surface area contributed by atoms with E-state index in [9.17, 15) is 14.4 Å². The fourth-order valence-corrected chi connectivity index (χ4v) is 4.87. The molecule has 0 aliphatic carbocycles. The summed E-state index contributed by atoms with van der Waals surface area (Å²) in [5, 5.41) is 0.319. The number of aromatic nitrogens is 2. The zero-order chi connectivity index (χ0) is 28.2. The van der Waals surface area contributed by atoms with Gasteiger partial charge >= 0.3 is 5.69 Å². The number of morpholine rings is 1. The van der Waals surface area contributed by atoms with Gasteiger partial charge in [0.05, 0.1) is 58.5 Å². The number of nitrogens with zero attached hydrogens (tertiary/aromatic N) is 3. The maximum Gasteiger partial charge on any atom is 0.332 e. The third kappa shape index (κ3) is 5.30. The van der Waals surface area contributed by atoms with Crippen LogP contribution in [0.5, 0.6) is 17.2 Å². The Morgan fingerprint density at radius 3 is 2.15 bits per heavy atom. The van der Waals surface area contributed by atoms with E-state index < -0.39 is 11.2 Å². The lowest BCUT2D eigenvalue weighted by Crippen LogP contribution is -2.41. The molecule has 2 heterocycles. The molecule has 208 valence electrons. The lowest BCUT2D eigenvalue weighted by atomic mass is 10.1. The van der Waals surface area contributed by atoms with E-state index in [0.29, 0.717) is 65.6 Å². The number of amides is 1. The molecule has 5 rings (SSSR count). The molecule has 1 saturated heterocycles. The zero-order valence-electron chi connectivity index (χ0n) is 22.7. The highest BCUT2D eigenvalue weighted by molar-refractivity contribution is 5.94. The van der Waals surface area contributed by atoms with E-state index in [4.69, 9.17) is 18.9 Å². The van der Waals surface area contributed by atoms with Crippen LogP contribution in [0.25, 0.3) is 10.9 Å². The quantitative estimate of drug-likeness (QED) is 0.336. The Hall–Kier alpha value is -4.57. The van der Waals surface area contributed by atoms with Gasteiger partial charge in [0.25, 0.3) is 11.5 Å². The third-order valence-electron chi connectivity index (χ3n) is 7.04. The van der Waals surface area contributed by atoms with E-state index in [2.05, 4.69) is 0 Å². The first kappa shape index (κ1) is 27.0. The van der Waals surface area contributed by atoms with Crippen LogP contribution in [0.4, 0.5) is 0 Å². The fraction of sp³-hybridized carbons (Fsp3) is 0.300. The SMILES string of the molecule is COc1cccc(Cn2c(=O)n(Cc3ccc(C(=O)N4CCOCC4)cc3)c(=O)c3cc(OC)c(OC)cc32)c1. The van der Waals surface area contributed by atoms with Gasteiger partial charge < -0.3 is 23.8 Å². The molecule has 0 radical (unpaired) electrons. The van der Waals surface area contributed by atoms with Crippen LogP contribution >= 0.6 is 0 Å². The average molecular weight is 546 g/mol. The number of hydrogen-bond donors (Lipinski definition) is 0. The highest BCUT2D eigenvalue weighted by Gasteiger charge is 2.20. The molecule has 1 aliphatic heterocycles. The first-order valence-corrected chi connectivity index (χ1v) is 12.9. The standard InChI is InChI=1S/C30H31N3O7/c1-37-23-6-4-5-21(15-23)19-32-25-17-27(39-3)26(38-2)16-24(25)29(35)33(30(32)36)18-20-7-9-22(10-8-20)28(34)31-11-13-40-14-12-31/h4-10,15-17H,11-14,18-19H2,1-3H3. The molecule has 1 fully saturated rings. The van der Waals surface area contributed by atoms with Crippen LogP contribution in [0.15, 0.2) is 70.3 Å². The van der Waals surface area contributed by atoms with Crippen molar-refractivity contribution in [2.24, 2.45) is 0 Å². The Kier molecular flexibility index (Phi) is 7.88. The minimum absolute atomic E-state index is 0.0338. The zero-order valence-corrected chi connectivity index (χ0v) is 22.7. The monoisotopic (exact) mass is 545 g/mol. The minimum atomic E-state index is -0.471. The summed E-state index contributed by atoms with van der Waals surface area (Å²) in [5.41, 5.74) is 1.60. The molecule has 0 spiro atoms. The van der Waals surface area contributed by atoms with Crippen molar-refractivity contribution in [3.63, 3.8) is 0 Å². The first-order valence-electron chi connectivity index (χ1n) is 12.9. The number of ether oxygens (including phenoxy) is 4. The molecule has 3 aromatic carbocycles. The number of fused-ring (bicyclic) bond motifs is 1. The van der Waals surface area contributed by atoms with Crippen LogP contribution in [-0.2, 0) is 17.8 Å². The van der Waals surface area contributed by atoms with Gasteiger partial charge in [0.15, 0.2) is 11.5 Å². The van der Waals surface area contributed by atoms with E-state index in [-0.39, 0.29) is 19.0 Å². The van der Waals surface area contributed by atoms with E-state index in [1.54, 1.807) is 53.0 Å². The van der Waals surface area contributed by atoms with Crippen LogP contribution in [0.3, 0.4) is 0 Å². The van der Waals surface area contributed by atoms with Crippen LogP contribution in [0.1, 0.15) is 21.5 Å². The summed E-state index contributed by atoms with van der Waals surface area (Å²) in [6.07, 6.45) is 0. The topological polar surface area (TPSA) is 101 Å². The second kappa shape index (κ2) is 11.7.